The van der Waals surface area contributed by atoms with Gasteiger partial charge in [-0.25, -0.2) is 0 Å². The minimum absolute atomic E-state index is 0.175. The summed E-state index contributed by atoms with van der Waals surface area (Å²) in [5, 5.41) is 0. The summed E-state index contributed by atoms with van der Waals surface area (Å²) in [4.78, 5) is 14.2. The first kappa shape index (κ1) is 10.7. The first-order valence-electron chi connectivity index (χ1n) is 5.43. The van der Waals surface area contributed by atoms with Crippen molar-refractivity contribution >= 4 is 5.78 Å². The number of hydrogen-bond donors (Lipinski definition) is 0. The Balaban J connectivity index is 2.72. The molecule has 1 fully saturated rings. The summed E-state index contributed by atoms with van der Waals surface area (Å²) >= 11 is 0. The standard InChI is InChI=1S/C11H21NO/c1-4-10(13)11(3,5-2)12-8-6-7-9-12/h4-9H2,1-3H3. The van der Waals surface area contributed by atoms with Crippen molar-refractivity contribution in [2.75, 3.05) is 13.1 Å². The number of likely N-dealkylation sites (tertiary alicyclic amines) is 1. The summed E-state index contributed by atoms with van der Waals surface area (Å²) in [5.74, 6) is 0.400. The lowest BCUT2D eigenvalue weighted by molar-refractivity contribution is -0.129. The van der Waals surface area contributed by atoms with Crippen LogP contribution in [-0.4, -0.2) is 29.3 Å². The Morgan fingerprint density at radius 3 is 2.23 bits per heavy atom. The van der Waals surface area contributed by atoms with E-state index in [1.165, 1.54) is 12.8 Å². The molecule has 1 atom stereocenters. The Morgan fingerprint density at radius 2 is 1.85 bits per heavy atom. The normalized spacial score (nSPS) is 23.0. The predicted molar refractivity (Wildman–Crippen MR) is 54.8 cm³/mol. The van der Waals surface area contributed by atoms with Gasteiger partial charge in [-0.15, -0.1) is 0 Å². The third-order valence-corrected chi connectivity index (χ3v) is 3.41. The lowest BCUT2D eigenvalue weighted by Crippen LogP contribution is -2.50. The van der Waals surface area contributed by atoms with Gasteiger partial charge in [0.15, 0.2) is 5.78 Å². The van der Waals surface area contributed by atoms with Crippen molar-refractivity contribution in [1.29, 1.82) is 0 Å². The van der Waals surface area contributed by atoms with Gasteiger partial charge in [0.05, 0.1) is 5.54 Å². The Kier molecular flexibility index (Phi) is 3.48. The molecule has 0 saturated carbocycles. The van der Waals surface area contributed by atoms with Crippen molar-refractivity contribution in [3.8, 4) is 0 Å². The van der Waals surface area contributed by atoms with Crippen LogP contribution in [0.5, 0.6) is 0 Å². The van der Waals surface area contributed by atoms with Crippen molar-refractivity contribution in [2.24, 2.45) is 0 Å². The third kappa shape index (κ3) is 1.93. The SMILES string of the molecule is CCC(=O)C(C)(CC)N1CCCC1. The largest absolute Gasteiger partial charge is 0.298 e. The van der Waals surface area contributed by atoms with Gasteiger partial charge in [-0.05, 0) is 39.3 Å². The van der Waals surface area contributed by atoms with Crippen molar-refractivity contribution in [3.63, 3.8) is 0 Å². The van der Waals surface area contributed by atoms with E-state index in [-0.39, 0.29) is 5.54 Å². The van der Waals surface area contributed by atoms with Gasteiger partial charge in [0.1, 0.15) is 0 Å². The van der Waals surface area contributed by atoms with E-state index < -0.39 is 0 Å². The number of carbonyl (C=O) groups is 1. The second kappa shape index (κ2) is 4.23. The number of carbonyl (C=O) groups excluding carboxylic acids is 1. The molecule has 1 aliphatic heterocycles. The van der Waals surface area contributed by atoms with Gasteiger partial charge in [-0.1, -0.05) is 13.8 Å². The molecule has 0 bridgehead atoms. The highest BCUT2D eigenvalue weighted by atomic mass is 16.1. The summed E-state index contributed by atoms with van der Waals surface area (Å²) in [6.07, 6.45) is 4.12. The second-order valence-electron chi connectivity index (χ2n) is 4.10. The molecule has 1 rings (SSSR count). The van der Waals surface area contributed by atoms with Gasteiger partial charge in [0.25, 0.3) is 0 Å². The summed E-state index contributed by atoms with van der Waals surface area (Å²) in [7, 11) is 0. The van der Waals surface area contributed by atoms with Crippen molar-refractivity contribution in [1.82, 2.24) is 4.90 Å². The molecule has 2 nitrogen and oxygen atoms in total. The molecule has 0 amide bonds. The zero-order chi connectivity index (χ0) is 9.90. The molecular formula is C11H21NO. The first-order valence-corrected chi connectivity index (χ1v) is 5.43. The predicted octanol–water partition coefficient (Wildman–Crippen LogP) is 2.23. The fraction of sp³-hybridized carbons (Fsp3) is 0.909. The summed E-state index contributed by atoms with van der Waals surface area (Å²) < 4.78 is 0. The number of Topliss-reactive ketones (excluding diaryl/α,β-unsaturated/α-hetero) is 1. The highest BCUT2D eigenvalue weighted by molar-refractivity contribution is 5.87. The van der Waals surface area contributed by atoms with E-state index in [0.717, 1.165) is 19.5 Å². The number of nitrogens with zero attached hydrogens (tertiary/aromatic N) is 1. The molecule has 0 N–H and O–H groups in total. The summed E-state index contributed by atoms with van der Waals surface area (Å²) in [6.45, 7) is 8.40. The fourth-order valence-corrected chi connectivity index (χ4v) is 2.19. The number of hydrogen-bond acceptors (Lipinski definition) is 2. The highest BCUT2D eigenvalue weighted by Crippen LogP contribution is 2.26. The van der Waals surface area contributed by atoms with Crippen LogP contribution in [0, 0.1) is 0 Å². The van der Waals surface area contributed by atoms with Gasteiger partial charge < -0.3 is 0 Å². The van der Waals surface area contributed by atoms with E-state index in [9.17, 15) is 4.79 Å². The van der Waals surface area contributed by atoms with Crippen LogP contribution in [0.15, 0.2) is 0 Å². The van der Waals surface area contributed by atoms with Crippen molar-refractivity contribution in [3.05, 3.63) is 0 Å². The van der Waals surface area contributed by atoms with Crippen molar-refractivity contribution in [2.45, 2.75) is 52.0 Å². The number of ketones is 1. The highest BCUT2D eigenvalue weighted by Gasteiger charge is 2.37. The van der Waals surface area contributed by atoms with Gasteiger partial charge >= 0.3 is 0 Å². The maximum absolute atomic E-state index is 11.8. The van der Waals surface area contributed by atoms with Gasteiger partial charge in [0.2, 0.25) is 0 Å². The lowest BCUT2D eigenvalue weighted by atomic mass is 9.90. The summed E-state index contributed by atoms with van der Waals surface area (Å²) in [5.41, 5.74) is -0.175. The van der Waals surface area contributed by atoms with E-state index in [1.54, 1.807) is 0 Å². The maximum atomic E-state index is 11.8. The van der Waals surface area contributed by atoms with Gasteiger partial charge in [-0.2, -0.15) is 0 Å². The Hall–Kier alpha value is -0.370. The monoisotopic (exact) mass is 183 g/mol. The van der Waals surface area contributed by atoms with Gasteiger partial charge in [0, 0.05) is 6.42 Å². The topological polar surface area (TPSA) is 20.3 Å². The van der Waals surface area contributed by atoms with Crippen LogP contribution >= 0.6 is 0 Å². The average Bonchev–Trinajstić information content (AvgIpc) is 2.68. The molecule has 1 aliphatic rings. The molecule has 2 heteroatoms. The maximum Gasteiger partial charge on any atom is 0.152 e. The van der Waals surface area contributed by atoms with Crippen LogP contribution in [0.2, 0.25) is 0 Å². The average molecular weight is 183 g/mol. The molecule has 0 radical (unpaired) electrons. The van der Waals surface area contributed by atoms with Crippen LogP contribution in [-0.2, 0) is 4.79 Å². The van der Waals surface area contributed by atoms with Crippen LogP contribution in [0.25, 0.3) is 0 Å². The van der Waals surface area contributed by atoms with E-state index in [0.29, 0.717) is 12.2 Å². The molecule has 1 heterocycles. The Bertz CT molecular complexity index is 185. The van der Waals surface area contributed by atoms with Gasteiger partial charge in [-0.3, -0.25) is 9.69 Å². The molecular weight excluding hydrogens is 162 g/mol. The molecule has 1 unspecified atom stereocenters. The molecule has 1 saturated heterocycles. The Morgan fingerprint density at radius 1 is 1.31 bits per heavy atom. The molecule has 76 valence electrons. The smallest absolute Gasteiger partial charge is 0.152 e. The summed E-state index contributed by atoms with van der Waals surface area (Å²) in [6, 6.07) is 0. The Labute approximate surface area is 81.3 Å². The van der Waals surface area contributed by atoms with Crippen LogP contribution in [0.4, 0.5) is 0 Å². The van der Waals surface area contributed by atoms with E-state index in [1.807, 2.05) is 6.92 Å². The fourth-order valence-electron chi connectivity index (χ4n) is 2.19. The van der Waals surface area contributed by atoms with Crippen LogP contribution < -0.4 is 0 Å². The lowest BCUT2D eigenvalue weighted by Gasteiger charge is -2.36. The molecule has 0 aromatic rings. The molecule has 0 aliphatic carbocycles. The molecule has 13 heavy (non-hydrogen) atoms. The van der Waals surface area contributed by atoms with Crippen molar-refractivity contribution < 1.29 is 4.79 Å². The molecule has 0 aromatic heterocycles. The first-order chi connectivity index (χ1) is 6.15. The quantitative estimate of drug-likeness (QED) is 0.666. The molecule has 0 spiro atoms. The second-order valence-corrected chi connectivity index (χ2v) is 4.10. The van der Waals surface area contributed by atoms with Crippen LogP contribution in [0.1, 0.15) is 46.5 Å². The third-order valence-electron chi connectivity index (χ3n) is 3.41. The number of rotatable bonds is 4. The van der Waals surface area contributed by atoms with E-state index >= 15 is 0 Å². The zero-order valence-electron chi connectivity index (χ0n) is 9.10. The molecule has 0 aromatic carbocycles. The van der Waals surface area contributed by atoms with Crippen LogP contribution in [0.3, 0.4) is 0 Å². The zero-order valence-corrected chi connectivity index (χ0v) is 9.10. The minimum Gasteiger partial charge on any atom is -0.298 e. The van der Waals surface area contributed by atoms with E-state index in [4.69, 9.17) is 0 Å². The minimum atomic E-state index is -0.175. The van der Waals surface area contributed by atoms with E-state index in [2.05, 4.69) is 18.7 Å².